The number of rotatable bonds is 25. The van der Waals surface area contributed by atoms with Gasteiger partial charge in [0.25, 0.3) is 21.9 Å². The Bertz CT molecular complexity index is 2020. The summed E-state index contributed by atoms with van der Waals surface area (Å²) in [6.07, 6.45) is 13.1. The molecule has 0 radical (unpaired) electrons. The second-order valence-corrected chi connectivity index (χ2v) is 18.0. The first-order valence-corrected chi connectivity index (χ1v) is 23.2. The predicted molar refractivity (Wildman–Crippen MR) is 220 cm³/mol. The van der Waals surface area contributed by atoms with E-state index < -0.39 is 57.7 Å². The number of carbonyl (C=O) groups is 7. The highest BCUT2D eigenvalue weighted by Gasteiger charge is 2.39. The van der Waals surface area contributed by atoms with Gasteiger partial charge in [0.05, 0.1) is 10.1 Å². The van der Waals surface area contributed by atoms with Crippen LogP contribution < -0.4 is 5.32 Å². The number of hydroxylamine groups is 2. The van der Waals surface area contributed by atoms with Gasteiger partial charge < -0.3 is 15.2 Å². The number of thioether (sulfide) groups is 1. The van der Waals surface area contributed by atoms with E-state index in [1.165, 1.54) is 74.9 Å². The first-order valence-electron chi connectivity index (χ1n) is 20.7. The number of carboxylic acid groups (broad SMARTS) is 1. The maximum atomic E-state index is 13.1. The van der Waals surface area contributed by atoms with Gasteiger partial charge in [-0.3, -0.25) is 43.1 Å². The molecule has 60 heavy (non-hydrogen) atoms. The number of nitrogens with zero attached hydrogens (tertiary/aromatic N) is 2. The van der Waals surface area contributed by atoms with E-state index >= 15 is 0 Å². The average molecular weight is 872 g/mol. The molecule has 1 aliphatic carbocycles. The van der Waals surface area contributed by atoms with Crippen LogP contribution in [-0.2, 0) is 48.5 Å². The van der Waals surface area contributed by atoms with Crippen molar-refractivity contribution in [3.8, 4) is 11.1 Å². The van der Waals surface area contributed by atoms with Crippen LogP contribution in [0.3, 0.4) is 0 Å². The van der Waals surface area contributed by atoms with Crippen molar-refractivity contribution in [2.24, 2.45) is 0 Å². The Morgan fingerprint density at radius 3 is 1.92 bits per heavy atom. The van der Waals surface area contributed by atoms with E-state index in [0.29, 0.717) is 33.0 Å². The largest absolute Gasteiger partial charge is 0.533 e. The number of aliphatic carboxylic acids is 1. The number of hydrogen-bond acceptors (Lipinski definition) is 12. The monoisotopic (exact) mass is 871 g/mol. The summed E-state index contributed by atoms with van der Waals surface area (Å²) in [6.45, 7) is -0.495. The van der Waals surface area contributed by atoms with Crippen molar-refractivity contribution in [1.82, 2.24) is 9.96 Å². The van der Waals surface area contributed by atoms with Crippen LogP contribution in [0.1, 0.15) is 133 Å². The topological polar surface area (TPSA) is 231 Å². The van der Waals surface area contributed by atoms with Gasteiger partial charge in [0.2, 0.25) is 17.7 Å². The second kappa shape index (κ2) is 22.2. The van der Waals surface area contributed by atoms with E-state index in [4.69, 9.17) is 14.7 Å². The Morgan fingerprint density at radius 2 is 1.32 bits per heavy atom. The maximum absolute atomic E-state index is 13.1. The maximum Gasteiger partial charge on any atom is 0.533 e. The van der Waals surface area contributed by atoms with Crippen LogP contribution in [0, 0.1) is 0 Å². The smallest absolute Gasteiger partial charge is 0.481 e. The Hall–Kier alpha value is -4.81. The highest BCUT2D eigenvalue weighted by molar-refractivity contribution is 8.00. The van der Waals surface area contributed by atoms with Crippen molar-refractivity contribution in [2.45, 2.75) is 132 Å². The number of hydrogen-bond donors (Lipinski definition) is 3. The zero-order chi connectivity index (χ0) is 43.2. The summed E-state index contributed by atoms with van der Waals surface area (Å²) in [7, 11) is -4.59. The molecule has 3 aliphatic rings. The molecule has 5 rings (SSSR count). The summed E-state index contributed by atoms with van der Waals surface area (Å²) in [6, 6.07) is 8.90. The van der Waals surface area contributed by atoms with Gasteiger partial charge in [-0.05, 0) is 65.1 Å². The summed E-state index contributed by atoms with van der Waals surface area (Å²) in [5, 5.41) is 11.3. The molecule has 2 saturated heterocycles. The number of ether oxygens (including phenoxy) is 1. The highest BCUT2D eigenvalue weighted by Crippen LogP contribution is 2.46. The molecule has 3 N–H and O–H groups in total. The van der Waals surface area contributed by atoms with Gasteiger partial charge in [0, 0.05) is 50.3 Å². The number of unbranched alkanes of at least 4 members (excludes halogenated alkanes) is 12. The molecule has 2 aliphatic heterocycles. The van der Waals surface area contributed by atoms with Crippen LogP contribution in [0.4, 0.5) is 10.5 Å². The highest BCUT2D eigenvalue weighted by atomic mass is 32.2. The van der Waals surface area contributed by atoms with Crippen LogP contribution in [0.25, 0.3) is 11.1 Å². The Morgan fingerprint density at radius 1 is 0.750 bits per heavy atom. The molecule has 18 heteroatoms. The lowest BCUT2D eigenvalue weighted by atomic mass is 9.97. The summed E-state index contributed by atoms with van der Waals surface area (Å²) >= 11 is 1.48. The molecule has 0 saturated carbocycles. The standard InChI is InChI=1S/C42H53N3O13S2/c46-36(21-22-44-39(49)26-35(41(44)52)59-23-13-11-9-7-5-3-1-2-4-6-8-10-12-14-40(50)51)43-28-15-17-30-31-18-16-29(60(54,55)56)25-33(31)34(32(30)24-28)27-57-42(53)58-45-37(47)19-20-38(45)48/h15-18,24-25,34-35H,1-14,19-23,26-27H2,(H,43,46)(H,50,51)(H,54,55,56). The first kappa shape index (κ1) is 46.3. The lowest BCUT2D eigenvalue weighted by Crippen LogP contribution is -2.34. The third kappa shape index (κ3) is 13.1. The van der Waals surface area contributed by atoms with Crippen molar-refractivity contribution in [1.29, 1.82) is 0 Å². The van der Waals surface area contributed by atoms with Crippen LogP contribution in [0.2, 0.25) is 0 Å². The molecule has 0 bridgehead atoms. The molecule has 0 spiro atoms. The normalized spacial score (nSPS) is 17.3. The van der Waals surface area contributed by atoms with Crippen molar-refractivity contribution in [3.63, 3.8) is 0 Å². The van der Waals surface area contributed by atoms with Crippen LogP contribution >= 0.6 is 11.8 Å². The van der Waals surface area contributed by atoms with E-state index in [-0.39, 0.29) is 55.4 Å². The molecule has 326 valence electrons. The molecule has 2 unspecified atom stereocenters. The molecule has 5 amide bonds. The molecule has 0 aromatic heterocycles. The predicted octanol–water partition coefficient (Wildman–Crippen LogP) is 7.00. The van der Waals surface area contributed by atoms with E-state index in [2.05, 4.69) is 5.32 Å². The third-order valence-corrected chi connectivity index (χ3v) is 13.0. The Labute approximate surface area is 353 Å². The second-order valence-electron chi connectivity index (χ2n) is 15.3. The lowest BCUT2D eigenvalue weighted by molar-refractivity contribution is -0.177. The third-order valence-electron chi connectivity index (χ3n) is 10.9. The number of anilines is 1. The molecule has 2 atom stereocenters. The number of fused-ring (bicyclic) bond motifs is 3. The molecular weight excluding hydrogens is 819 g/mol. The molecule has 16 nitrogen and oxygen atoms in total. The minimum atomic E-state index is -4.59. The van der Waals surface area contributed by atoms with Gasteiger partial charge in [-0.15, -0.1) is 11.8 Å². The minimum absolute atomic E-state index is 0.0806. The summed E-state index contributed by atoms with van der Waals surface area (Å²) in [5.41, 5.74) is 2.48. The number of amides is 5. The molecule has 2 fully saturated rings. The zero-order valence-electron chi connectivity index (χ0n) is 33.6. The van der Waals surface area contributed by atoms with Crippen molar-refractivity contribution >= 4 is 69.2 Å². The molecule has 2 aromatic rings. The summed E-state index contributed by atoms with van der Waals surface area (Å²) in [5.74, 6) is -3.22. The van der Waals surface area contributed by atoms with Crippen molar-refractivity contribution < 1.29 is 61.2 Å². The minimum Gasteiger partial charge on any atom is -0.481 e. The van der Waals surface area contributed by atoms with Crippen LogP contribution in [0.15, 0.2) is 41.3 Å². The number of benzene rings is 2. The lowest BCUT2D eigenvalue weighted by Gasteiger charge is -2.17. The number of carboxylic acids is 1. The van der Waals surface area contributed by atoms with E-state index in [0.717, 1.165) is 49.2 Å². The quantitative estimate of drug-likeness (QED) is 0.0395. The molecule has 2 heterocycles. The SMILES string of the molecule is O=C(O)CCCCCCCCCCCCCCCSC1CC(=O)N(CCC(=O)Nc2ccc3c(c2)C(COC(=O)ON2C(=O)CCC2=O)c2cc(S(=O)(=O)O)ccc2-3)C1=O. The van der Waals surface area contributed by atoms with E-state index in [9.17, 15) is 46.5 Å². The Balaban J connectivity index is 1.03. The van der Waals surface area contributed by atoms with Crippen LogP contribution in [0.5, 0.6) is 0 Å². The average Bonchev–Trinajstić information content (AvgIpc) is 3.79. The fraction of sp³-hybridized carbons (Fsp3) is 0.548. The van der Waals surface area contributed by atoms with E-state index in [1.807, 2.05) is 0 Å². The van der Waals surface area contributed by atoms with Gasteiger partial charge in [0.15, 0.2) is 0 Å². The molecule has 2 aromatic carbocycles. The fourth-order valence-corrected chi connectivity index (χ4v) is 9.37. The van der Waals surface area contributed by atoms with Gasteiger partial charge in [0.1, 0.15) is 6.61 Å². The van der Waals surface area contributed by atoms with Gasteiger partial charge in [-0.2, -0.15) is 8.42 Å². The van der Waals surface area contributed by atoms with Gasteiger partial charge in [-0.25, -0.2) is 4.79 Å². The summed E-state index contributed by atoms with van der Waals surface area (Å²) < 4.78 is 38.9. The molecular formula is C42H53N3O13S2. The van der Waals surface area contributed by atoms with E-state index in [1.54, 1.807) is 18.2 Å². The number of nitrogens with one attached hydrogen (secondary N) is 1. The van der Waals surface area contributed by atoms with Crippen molar-refractivity contribution in [3.05, 3.63) is 47.5 Å². The number of likely N-dealkylation sites (tertiary alicyclic amines) is 1. The van der Waals surface area contributed by atoms with Gasteiger partial charge >= 0.3 is 12.1 Å². The number of carbonyl (C=O) groups excluding carboxylic acids is 6. The van der Waals surface area contributed by atoms with Gasteiger partial charge in [-0.1, -0.05) is 87.8 Å². The van der Waals surface area contributed by atoms with Crippen LogP contribution in [-0.4, -0.2) is 93.9 Å². The summed E-state index contributed by atoms with van der Waals surface area (Å²) in [4.78, 5) is 91.3. The zero-order valence-corrected chi connectivity index (χ0v) is 35.2. The fourth-order valence-electron chi connectivity index (χ4n) is 7.67. The number of imide groups is 2. The first-order chi connectivity index (χ1) is 28.7. The Kier molecular flexibility index (Phi) is 17.1. The van der Waals surface area contributed by atoms with Crippen molar-refractivity contribution in [2.75, 3.05) is 24.2 Å².